The molecule has 0 aliphatic rings. The third-order valence-corrected chi connectivity index (χ3v) is 3.20. The van der Waals surface area contributed by atoms with Crippen LogP contribution in [0.2, 0.25) is 0 Å². The molecule has 2 aromatic rings. The normalized spacial score (nSPS) is 10.7. The van der Waals surface area contributed by atoms with Gasteiger partial charge in [-0.2, -0.15) is 0 Å². The Hall–Kier alpha value is -1.94. The molecule has 112 valence electrons. The summed E-state index contributed by atoms with van der Waals surface area (Å²) in [7, 11) is 0. The summed E-state index contributed by atoms with van der Waals surface area (Å²) in [5.74, 6) is -1.02. The van der Waals surface area contributed by atoms with Gasteiger partial charge in [0.15, 0.2) is 11.6 Å². The molecule has 2 aromatic carbocycles. The number of halogens is 2. The monoisotopic (exact) mass is 291 g/mol. The molecule has 0 aliphatic carbocycles. The van der Waals surface area contributed by atoms with Gasteiger partial charge in [0.25, 0.3) is 0 Å². The van der Waals surface area contributed by atoms with Crippen LogP contribution in [0.1, 0.15) is 23.6 Å². The quantitative estimate of drug-likeness (QED) is 0.869. The molecule has 0 heterocycles. The molecule has 2 nitrogen and oxygen atoms in total. The van der Waals surface area contributed by atoms with Gasteiger partial charge in [0.2, 0.25) is 0 Å². The predicted molar refractivity (Wildman–Crippen MR) is 79.2 cm³/mol. The van der Waals surface area contributed by atoms with Crippen LogP contribution in [0.15, 0.2) is 36.4 Å². The third-order valence-electron chi connectivity index (χ3n) is 3.20. The smallest absolute Gasteiger partial charge is 0.165 e. The van der Waals surface area contributed by atoms with Crippen molar-refractivity contribution in [3.8, 4) is 5.75 Å². The molecule has 0 bridgehead atoms. The lowest BCUT2D eigenvalue weighted by atomic mass is 10.1. The van der Waals surface area contributed by atoms with Crippen LogP contribution in [0.5, 0.6) is 5.75 Å². The standard InChI is InChI=1S/C17H19F2NO/c1-3-20-10-14-9-12(2)7-8-16(14)21-11-13-5-4-6-15(18)17(13)19/h4-9,20H,3,10-11H2,1-2H3. The predicted octanol–water partition coefficient (Wildman–Crippen LogP) is 3.96. The molecule has 0 atom stereocenters. The summed E-state index contributed by atoms with van der Waals surface area (Å²) in [6.45, 7) is 5.57. The third kappa shape index (κ3) is 4.02. The zero-order valence-corrected chi connectivity index (χ0v) is 12.2. The minimum Gasteiger partial charge on any atom is -0.488 e. The highest BCUT2D eigenvalue weighted by molar-refractivity contribution is 5.37. The Balaban J connectivity index is 2.14. The maximum atomic E-state index is 13.6. The van der Waals surface area contributed by atoms with E-state index < -0.39 is 11.6 Å². The Morgan fingerprint density at radius 2 is 1.90 bits per heavy atom. The molecular weight excluding hydrogens is 272 g/mol. The van der Waals surface area contributed by atoms with Gasteiger partial charge in [-0.15, -0.1) is 0 Å². The Morgan fingerprint density at radius 3 is 2.67 bits per heavy atom. The van der Waals surface area contributed by atoms with E-state index in [-0.39, 0.29) is 12.2 Å². The molecule has 0 amide bonds. The van der Waals surface area contributed by atoms with E-state index in [0.29, 0.717) is 12.3 Å². The van der Waals surface area contributed by atoms with Gasteiger partial charge in [0.1, 0.15) is 12.4 Å². The van der Waals surface area contributed by atoms with Gasteiger partial charge in [-0.3, -0.25) is 0 Å². The summed E-state index contributed by atoms with van der Waals surface area (Å²) in [4.78, 5) is 0. The lowest BCUT2D eigenvalue weighted by molar-refractivity contribution is 0.293. The molecule has 0 fully saturated rings. The molecule has 0 radical (unpaired) electrons. The van der Waals surface area contributed by atoms with Gasteiger partial charge in [-0.25, -0.2) is 8.78 Å². The highest BCUT2D eigenvalue weighted by atomic mass is 19.2. The fourth-order valence-electron chi connectivity index (χ4n) is 2.06. The van der Waals surface area contributed by atoms with E-state index in [0.717, 1.165) is 23.7 Å². The van der Waals surface area contributed by atoms with Crippen molar-refractivity contribution in [3.63, 3.8) is 0 Å². The van der Waals surface area contributed by atoms with E-state index in [4.69, 9.17) is 4.74 Å². The van der Waals surface area contributed by atoms with Crippen molar-refractivity contribution >= 4 is 0 Å². The van der Waals surface area contributed by atoms with Gasteiger partial charge in [0, 0.05) is 17.7 Å². The highest BCUT2D eigenvalue weighted by Gasteiger charge is 2.10. The second kappa shape index (κ2) is 7.18. The lowest BCUT2D eigenvalue weighted by Crippen LogP contribution is -2.13. The minimum atomic E-state index is -0.854. The van der Waals surface area contributed by atoms with E-state index in [2.05, 4.69) is 5.32 Å². The molecule has 0 spiro atoms. The number of hydrogen-bond donors (Lipinski definition) is 1. The number of hydrogen-bond acceptors (Lipinski definition) is 2. The van der Waals surface area contributed by atoms with Crippen molar-refractivity contribution in [2.45, 2.75) is 27.0 Å². The zero-order valence-electron chi connectivity index (χ0n) is 12.2. The number of aryl methyl sites for hydroxylation is 1. The number of nitrogens with one attached hydrogen (secondary N) is 1. The van der Waals surface area contributed by atoms with Crippen molar-refractivity contribution in [2.75, 3.05) is 6.54 Å². The van der Waals surface area contributed by atoms with Crippen LogP contribution in [0, 0.1) is 18.6 Å². The Bertz CT molecular complexity index is 614. The first-order valence-electron chi connectivity index (χ1n) is 6.97. The second-order valence-corrected chi connectivity index (χ2v) is 4.89. The summed E-state index contributed by atoms with van der Waals surface area (Å²) in [5, 5.41) is 3.24. The topological polar surface area (TPSA) is 21.3 Å². The molecule has 2 rings (SSSR count). The maximum absolute atomic E-state index is 13.6. The SMILES string of the molecule is CCNCc1cc(C)ccc1OCc1cccc(F)c1F. The van der Waals surface area contributed by atoms with Crippen molar-refractivity contribution in [3.05, 3.63) is 64.7 Å². The van der Waals surface area contributed by atoms with Gasteiger partial charge < -0.3 is 10.1 Å². The van der Waals surface area contributed by atoms with Gasteiger partial charge in [-0.05, 0) is 25.6 Å². The molecule has 0 saturated carbocycles. The van der Waals surface area contributed by atoms with Gasteiger partial charge >= 0.3 is 0 Å². The van der Waals surface area contributed by atoms with E-state index in [1.165, 1.54) is 12.1 Å². The van der Waals surface area contributed by atoms with E-state index in [1.54, 1.807) is 0 Å². The van der Waals surface area contributed by atoms with Crippen LogP contribution in [-0.4, -0.2) is 6.54 Å². The average Bonchev–Trinajstić information content (AvgIpc) is 2.48. The van der Waals surface area contributed by atoms with Crippen LogP contribution in [-0.2, 0) is 13.2 Å². The molecular formula is C17H19F2NO. The molecule has 0 unspecified atom stereocenters. The fraction of sp³-hybridized carbons (Fsp3) is 0.294. The van der Waals surface area contributed by atoms with Gasteiger partial charge in [-0.1, -0.05) is 36.8 Å². The van der Waals surface area contributed by atoms with Crippen molar-refractivity contribution < 1.29 is 13.5 Å². The average molecular weight is 291 g/mol. The summed E-state index contributed by atoms with van der Waals surface area (Å²) < 4.78 is 32.4. The van der Waals surface area contributed by atoms with Crippen LogP contribution < -0.4 is 10.1 Å². The van der Waals surface area contributed by atoms with E-state index in [1.807, 2.05) is 32.0 Å². The Morgan fingerprint density at radius 1 is 1.10 bits per heavy atom. The first kappa shape index (κ1) is 15.4. The van der Waals surface area contributed by atoms with E-state index in [9.17, 15) is 8.78 Å². The van der Waals surface area contributed by atoms with Crippen molar-refractivity contribution in [1.29, 1.82) is 0 Å². The lowest BCUT2D eigenvalue weighted by Gasteiger charge is -2.13. The summed E-state index contributed by atoms with van der Waals surface area (Å²) in [5.41, 5.74) is 2.35. The number of ether oxygens (including phenoxy) is 1. The Kier molecular flexibility index (Phi) is 5.28. The van der Waals surface area contributed by atoms with Crippen LogP contribution in [0.4, 0.5) is 8.78 Å². The van der Waals surface area contributed by atoms with Crippen molar-refractivity contribution in [2.24, 2.45) is 0 Å². The van der Waals surface area contributed by atoms with Crippen molar-refractivity contribution in [1.82, 2.24) is 5.32 Å². The van der Waals surface area contributed by atoms with Gasteiger partial charge in [0.05, 0.1) is 0 Å². The minimum absolute atomic E-state index is 0.00573. The first-order valence-corrected chi connectivity index (χ1v) is 6.97. The number of rotatable bonds is 6. The highest BCUT2D eigenvalue weighted by Crippen LogP contribution is 2.22. The summed E-state index contributed by atoms with van der Waals surface area (Å²) in [6, 6.07) is 9.93. The maximum Gasteiger partial charge on any atom is 0.165 e. The van der Waals surface area contributed by atoms with E-state index >= 15 is 0 Å². The number of benzene rings is 2. The van der Waals surface area contributed by atoms with Crippen LogP contribution >= 0.6 is 0 Å². The molecule has 0 aliphatic heterocycles. The zero-order chi connectivity index (χ0) is 15.2. The molecule has 1 N–H and O–H groups in total. The molecule has 0 saturated heterocycles. The summed E-state index contributed by atoms with van der Waals surface area (Å²) >= 11 is 0. The molecule has 21 heavy (non-hydrogen) atoms. The van der Waals surface area contributed by atoms with Crippen LogP contribution in [0.3, 0.4) is 0 Å². The second-order valence-electron chi connectivity index (χ2n) is 4.89. The Labute approximate surface area is 123 Å². The van der Waals surface area contributed by atoms with Crippen LogP contribution in [0.25, 0.3) is 0 Å². The summed E-state index contributed by atoms with van der Waals surface area (Å²) in [6.07, 6.45) is 0. The largest absolute Gasteiger partial charge is 0.488 e. The molecule has 4 heteroatoms. The first-order chi connectivity index (χ1) is 10.1. The fourth-order valence-corrected chi connectivity index (χ4v) is 2.06. The molecule has 0 aromatic heterocycles.